The third-order valence-corrected chi connectivity index (χ3v) is 3.66. The summed E-state index contributed by atoms with van der Waals surface area (Å²) in [6.07, 6.45) is 2.81. The molecule has 0 heterocycles. The second-order valence-electron chi connectivity index (χ2n) is 4.65. The number of nitrogens with two attached hydrogens (primary N) is 1. The van der Waals surface area contributed by atoms with Crippen molar-refractivity contribution in [1.29, 1.82) is 0 Å². The first kappa shape index (κ1) is 12.5. The Labute approximate surface area is 105 Å². The maximum absolute atomic E-state index is 12.9. The first-order chi connectivity index (χ1) is 8.06. The van der Waals surface area contributed by atoms with Crippen LogP contribution in [0.5, 0.6) is 0 Å². The van der Waals surface area contributed by atoms with Crippen molar-refractivity contribution in [3.63, 3.8) is 0 Å². The van der Waals surface area contributed by atoms with Gasteiger partial charge in [0.1, 0.15) is 11.6 Å². The topological polar surface area (TPSA) is 43.1 Å². The van der Waals surface area contributed by atoms with Gasteiger partial charge in [0.05, 0.1) is 0 Å². The highest BCUT2D eigenvalue weighted by Crippen LogP contribution is 2.27. The molecule has 1 saturated carbocycles. The van der Waals surface area contributed by atoms with Crippen molar-refractivity contribution >= 4 is 17.4 Å². The minimum absolute atomic E-state index is 0.0473. The van der Waals surface area contributed by atoms with E-state index in [0.717, 1.165) is 19.3 Å². The van der Waals surface area contributed by atoms with Gasteiger partial charge in [-0.25, -0.2) is 4.39 Å². The van der Waals surface area contributed by atoms with Crippen molar-refractivity contribution in [2.45, 2.75) is 31.7 Å². The van der Waals surface area contributed by atoms with E-state index in [4.69, 9.17) is 17.3 Å². The van der Waals surface area contributed by atoms with E-state index in [1.54, 1.807) is 6.07 Å². The number of rotatable bonds is 3. The summed E-state index contributed by atoms with van der Waals surface area (Å²) in [5.74, 6) is -0.174. The van der Waals surface area contributed by atoms with Crippen molar-refractivity contribution < 1.29 is 9.18 Å². The van der Waals surface area contributed by atoms with E-state index >= 15 is 0 Å². The largest absolute Gasteiger partial charge is 0.328 e. The van der Waals surface area contributed by atoms with Crippen molar-refractivity contribution in [2.24, 2.45) is 11.7 Å². The van der Waals surface area contributed by atoms with E-state index in [1.807, 2.05) is 0 Å². The van der Waals surface area contributed by atoms with E-state index in [0.29, 0.717) is 10.6 Å². The summed E-state index contributed by atoms with van der Waals surface area (Å²) in [4.78, 5) is 12.0. The average Bonchev–Trinajstić information content (AvgIpc) is 2.69. The highest BCUT2D eigenvalue weighted by molar-refractivity contribution is 6.31. The molecule has 2 unspecified atom stereocenters. The molecule has 92 valence electrons. The molecule has 0 radical (unpaired) electrons. The number of ketones is 1. The molecular weight excluding hydrogens is 241 g/mol. The van der Waals surface area contributed by atoms with Gasteiger partial charge in [0.25, 0.3) is 0 Å². The molecule has 0 saturated heterocycles. The number of hydrogen-bond donors (Lipinski definition) is 1. The van der Waals surface area contributed by atoms with Crippen LogP contribution in [-0.4, -0.2) is 11.8 Å². The molecule has 2 atom stereocenters. The summed E-state index contributed by atoms with van der Waals surface area (Å²) in [6, 6.07) is 4.29. The van der Waals surface area contributed by atoms with Crippen molar-refractivity contribution in [3.05, 3.63) is 34.6 Å². The number of benzene rings is 1. The molecule has 1 aromatic rings. The number of halogens is 2. The third-order valence-electron chi connectivity index (χ3n) is 3.31. The van der Waals surface area contributed by atoms with Gasteiger partial charge >= 0.3 is 0 Å². The van der Waals surface area contributed by atoms with Gasteiger partial charge in [0, 0.05) is 23.4 Å². The molecule has 0 aliphatic heterocycles. The van der Waals surface area contributed by atoms with Crippen molar-refractivity contribution in [2.75, 3.05) is 0 Å². The summed E-state index contributed by atoms with van der Waals surface area (Å²) >= 11 is 5.89. The molecule has 17 heavy (non-hydrogen) atoms. The lowest BCUT2D eigenvalue weighted by Crippen LogP contribution is -2.19. The molecule has 0 bridgehead atoms. The Morgan fingerprint density at radius 1 is 1.47 bits per heavy atom. The lowest BCUT2D eigenvalue weighted by atomic mass is 9.96. The Hall–Kier alpha value is -0.930. The van der Waals surface area contributed by atoms with Gasteiger partial charge in [-0.1, -0.05) is 17.7 Å². The summed E-state index contributed by atoms with van der Waals surface area (Å²) < 4.78 is 12.9. The van der Waals surface area contributed by atoms with Crippen LogP contribution in [0.4, 0.5) is 4.39 Å². The van der Waals surface area contributed by atoms with E-state index in [9.17, 15) is 9.18 Å². The highest BCUT2D eigenvalue weighted by atomic mass is 35.5. The Kier molecular flexibility index (Phi) is 3.79. The molecule has 2 N–H and O–H groups in total. The SMILES string of the molecule is NC1CCC(C(=O)Cc2ccc(F)cc2Cl)C1. The lowest BCUT2D eigenvalue weighted by Gasteiger charge is -2.09. The normalized spacial score (nSPS) is 23.9. The van der Waals surface area contributed by atoms with Gasteiger partial charge in [-0.05, 0) is 37.0 Å². The van der Waals surface area contributed by atoms with Crippen LogP contribution in [0.1, 0.15) is 24.8 Å². The van der Waals surface area contributed by atoms with Crippen LogP contribution < -0.4 is 5.73 Å². The predicted molar refractivity (Wildman–Crippen MR) is 65.4 cm³/mol. The van der Waals surface area contributed by atoms with Gasteiger partial charge in [-0.2, -0.15) is 0 Å². The third kappa shape index (κ3) is 3.05. The van der Waals surface area contributed by atoms with Crippen LogP contribution in [0, 0.1) is 11.7 Å². The maximum Gasteiger partial charge on any atom is 0.140 e. The quantitative estimate of drug-likeness (QED) is 0.903. The van der Waals surface area contributed by atoms with Crippen LogP contribution in [0.3, 0.4) is 0 Å². The summed E-state index contributed by atoms with van der Waals surface area (Å²) in [5.41, 5.74) is 6.47. The summed E-state index contributed by atoms with van der Waals surface area (Å²) in [7, 11) is 0. The summed E-state index contributed by atoms with van der Waals surface area (Å²) in [5, 5.41) is 0.320. The van der Waals surface area contributed by atoms with Gasteiger partial charge in [-0.15, -0.1) is 0 Å². The fourth-order valence-electron chi connectivity index (χ4n) is 2.31. The van der Waals surface area contributed by atoms with E-state index < -0.39 is 0 Å². The van der Waals surface area contributed by atoms with Crippen LogP contribution in [0.2, 0.25) is 5.02 Å². The lowest BCUT2D eigenvalue weighted by molar-refractivity contribution is -0.122. The Morgan fingerprint density at radius 3 is 2.82 bits per heavy atom. The minimum atomic E-state index is -0.380. The zero-order chi connectivity index (χ0) is 12.4. The number of hydrogen-bond acceptors (Lipinski definition) is 2. The molecule has 1 aromatic carbocycles. The zero-order valence-electron chi connectivity index (χ0n) is 9.46. The smallest absolute Gasteiger partial charge is 0.140 e. The fraction of sp³-hybridized carbons (Fsp3) is 0.462. The van der Waals surface area contributed by atoms with E-state index in [2.05, 4.69) is 0 Å². The molecule has 0 aromatic heterocycles. The number of Topliss-reactive ketones (excluding diaryl/α,β-unsaturated/α-hetero) is 1. The van der Waals surface area contributed by atoms with Crippen molar-refractivity contribution in [1.82, 2.24) is 0 Å². The van der Waals surface area contributed by atoms with Gasteiger partial charge in [0.15, 0.2) is 0 Å². The fourth-order valence-corrected chi connectivity index (χ4v) is 2.54. The maximum atomic E-state index is 12.9. The van der Waals surface area contributed by atoms with Gasteiger partial charge in [-0.3, -0.25) is 4.79 Å². The molecule has 4 heteroatoms. The average molecular weight is 256 g/mol. The Bertz CT molecular complexity index is 435. The Morgan fingerprint density at radius 2 is 2.24 bits per heavy atom. The monoisotopic (exact) mass is 255 g/mol. The molecule has 1 aliphatic carbocycles. The first-order valence-corrected chi connectivity index (χ1v) is 6.16. The molecule has 0 amide bonds. The molecule has 1 aliphatic rings. The molecule has 2 nitrogen and oxygen atoms in total. The molecule has 0 spiro atoms. The predicted octanol–water partition coefficient (Wildman–Crippen LogP) is 2.72. The van der Waals surface area contributed by atoms with Crippen LogP contribution >= 0.6 is 11.6 Å². The minimum Gasteiger partial charge on any atom is -0.328 e. The van der Waals surface area contributed by atoms with E-state index in [-0.39, 0.29) is 30.0 Å². The second-order valence-corrected chi connectivity index (χ2v) is 5.06. The van der Waals surface area contributed by atoms with Crippen LogP contribution in [0.25, 0.3) is 0 Å². The highest BCUT2D eigenvalue weighted by Gasteiger charge is 2.27. The van der Waals surface area contributed by atoms with Crippen LogP contribution in [-0.2, 0) is 11.2 Å². The standard InChI is InChI=1S/C13H15ClFNO/c14-12-7-10(15)3-1-8(12)6-13(17)9-2-4-11(16)5-9/h1,3,7,9,11H,2,4-6,16H2. The van der Waals surface area contributed by atoms with E-state index in [1.165, 1.54) is 12.1 Å². The summed E-state index contributed by atoms with van der Waals surface area (Å²) in [6.45, 7) is 0. The number of carbonyl (C=O) groups is 1. The Balaban J connectivity index is 2.03. The number of carbonyl (C=O) groups excluding carboxylic acids is 1. The van der Waals surface area contributed by atoms with Crippen LogP contribution in [0.15, 0.2) is 18.2 Å². The second kappa shape index (κ2) is 5.15. The van der Waals surface area contributed by atoms with Gasteiger partial charge in [0.2, 0.25) is 0 Å². The molecule has 1 fully saturated rings. The zero-order valence-corrected chi connectivity index (χ0v) is 10.2. The first-order valence-electron chi connectivity index (χ1n) is 5.78. The van der Waals surface area contributed by atoms with Gasteiger partial charge < -0.3 is 5.73 Å². The molecular formula is C13H15ClFNO. The van der Waals surface area contributed by atoms with Crippen molar-refractivity contribution in [3.8, 4) is 0 Å². The molecule has 2 rings (SSSR count).